The van der Waals surface area contributed by atoms with Crippen molar-refractivity contribution >= 4 is 0 Å². The predicted molar refractivity (Wildman–Crippen MR) is 82.7 cm³/mol. The van der Waals surface area contributed by atoms with Crippen LogP contribution in [0, 0.1) is 0 Å². The number of hydrogen-bond donors (Lipinski definition) is 0. The zero-order valence-electron chi connectivity index (χ0n) is 13.0. The summed E-state index contributed by atoms with van der Waals surface area (Å²) >= 11 is 0. The molecule has 0 saturated carbocycles. The summed E-state index contributed by atoms with van der Waals surface area (Å²) in [7, 11) is 0. The van der Waals surface area contributed by atoms with Crippen LogP contribution in [0.5, 0.6) is 0 Å². The molecule has 0 spiro atoms. The molecule has 4 rings (SSSR count). The Morgan fingerprint density at radius 3 is 2.70 bits per heavy atom. The molecule has 0 saturated heterocycles. The topological polar surface area (TPSA) is 77.6 Å². The number of hydrogen-bond acceptors (Lipinski definition) is 6. The van der Waals surface area contributed by atoms with Crippen molar-refractivity contribution in [2.24, 2.45) is 0 Å². The molecule has 8 nitrogen and oxygen atoms in total. The Balaban J connectivity index is 1.53. The van der Waals surface area contributed by atoms with Gasteiger partial charge < -0.3 is 4.57 Å². The van der Waals surface area contributed by atoms with Gasteiger partial charge in [0.1, 0.15) is 11.6 Å². The van der Waals surface area contributed by atoms with Crippen molar-refractivity contribution in [2.75, 3.05) is 6.54 Å². The maximum absolute atomic E-state index is 4.30. The summed E-state index contributed by atoms with van der Waals surface area (Å²) in [6.45, 7) is 5.43. The van der Waals surface area contributed by atoms with E-state index in [1.54, 1.807) is 4.68 Å². The van der Waals surface area contributed by atoms with Gasteiger partial charge in [0.05, 0.1) is 18.8 Å². The van der Waals surface area contributed by atoms with Crippen LogP contribution in [0.1, 0.15) is 24.4 Å². The molecule has 1 aliphatic heterocycles. The first-order chi connectivity index (χ1) is 11.3. The molecule has 3 aromatic rings. The van der Waals surface area contributed by atoms with E-state index in [0.29, 0.717) is 6.54 Å². The van der Waals surface area contributed by atoms with Crippen molar-refractivity contribution in [3.8, 4) is 5.69 Å². The Morgan fingerprint density at radius 2 is 1.87 bits per heavy atom. The summed E-state index contributed by atoms with van der Waals surface area (Å²) in [4.78, 5) is 2.30. The van der Waals surface area contributed by atoms with Gasteiger partial charge in [-0.1, -0.05) is 25.1 Å². The number of rotatable bonds is 4. The highest BCUT2D eigenvalue weighted by Gasteiger charge is 2.22. The Bertz CT molecular complexity index is 791. The highest BCUT2D eigenvalue weighted by Crippen LogP contribution is 2.16. The lowest BCUT2D eigenvalue weighted by Crippen LogP contribution is -2.34. The largest absolute Gasteiger partial charge is 0.313 e. The summed E-state index contributed by atoms with van der Waals surface area (Å²) in [5.74, 6) is 2.92. The van der Waals surface area contributed by atoms with Gasteiger partial charge in [-0.15, -0.1) is 15.3 Å². The van der Waals surface area contributed by atoms with Crippen molar-refractivity contribution < 1.29 is 0 Å². The lowest BCUT2D eigenvalue weighted by molar-refractivity contribution is 0.201. The summed E-state index contributed by atoms with van der Waals surface area (Å²) in [5, 5.41) is 20.7. The van der Waals surface area contributed by atoms with Crippen LogP contribution in [0.15, 0.2) is 30.3 Å². The highest BCUT2D eigenvalue weighted by molar-refractivity contribution is 5.30. The maximum Gasteiger partial charge on any atom is 0.170 e. The smallest absolute Gasteiger partial charge is 0.170 e. The van der Waals surface area contributed by atoms with Crippen LogP contribution in [-0.2, 0) is 26.1 Å². The van der Waals surface area contributed by atoms with E-state index in [9.17, 15) is 0 Å². The lowest BCUT2D eigenvalue weighted by Gasteiger charge is -2.27. The molecule has 0 bridgehead atoms. The number of fused-ring (bicyclic) bond motifs is 1. The highest BCUT2D eigenvalue weighted by atomic mass is 15.5. The zero-order chi connectivity index (χ0) is 15.6. The molecule has 0 N–H and O–H groups in total. The van der Waals surface area contributed by atoms with E-state index in [1.807, 2.05) is 30.3 Å². The van der Waals surface area contributed by atoms with Crippen molar-refractivity contribution in [1.82, 2.24) is 39.9 Å². The second kappa shape index (κ2) is 5.88. The molecule has 0 fully saturated rings. The molecule has 1 aliphatic rings. The first-order valence-electron chi connectivity index (χ1n) is 7.81. The molecule has 3 heterocycles. The summed E-state index contributed by atoms with van der Waals surface area (Å²) in [5.41, 5.74) is 0.973. The fourth-order valence-corrected chi connectivity index (χ4v) is 2.94. The number of aromatic nitrogens is 7. The summed E-state index contributed by atoms with van der Waals surface area (Å²) in [6, 6.07) is 9.95. The molecule has 0 atom stereocenters. The average molecular weight is 310 g/mol. The molecule has 23 heavy (non-hydrogen) atoms. The van der Waals surface area contributed by atoms with Gasteiger partial charge in [0.2, 0.25) is 0 Å². The number of tetrazole rings is 1. The number of benzene rings is 1. The van der Waals surface area contributed by atoms with Crippen LogP contribution in [0.4, 0.5) is 0 Å². The fraction of sp³-hybridized carbons (Fsp3) is 0.400. The van der Waals surface area contributed by atoms with Gasteiger partial charge in [-0.05, 0) is 22.6 Å². The van der Waals surface area contributed by atoms with E-state index in [0.717, 1.165) is 49.2 Å². The third-order valence-electron chi connectivity index (χ3n) is 4.12. The first kappa shape index (κ1) is 14.0. The number of para-hydroxylation sites is 1. The third-order valence-corrected chi connectivity index (χ3v) is 4.12. The van der Waals surface area contributed by atoms with Crippen LogP contribution >= 0.6 is 0 Å². The van der Waals surface area contributed by atoms with Gasteiger partial charge >= 0.3 is 0 Å². The molecular formula is C15H18N8. The van der Waals surface area contributed by atoms with E-state index < -0.39 is 0 Å². The second-order valence-corrected chi connectivity index (χ2v) is 5.59. The lowest BCUT2D eigenvalue weighted by atomic mass is 10.3. The Kier molecular flexibility index (Phi) is 3.58. The van der Waals surface area contributed by atoms with E-state index in [-0.39, 0.29) is 0 Å². The van der Waals surface area contributed by atoms with Crippen molar-refractivity contribution in [3.63, 3.8) is 0 Å². The van der Waals surface area contributed by atoms with Gasteiger partial charge in [0.15, 0.2) is 5.82 Å². The van der Waals surface area contributed by atoms with Crippen LogP contribution in [-0.4, -0.2) is 46.4 Å². The van der Waals surface area contributed by atoms with Gasteiger partial charge in [0, 0.05) is 19.5 Å². The van der Waals surface area contributed by atoms with Crippen LogP contribution in [0.2, 0.25) is 0 Å². The molecule has 0 radical (unpaired) electrons. The number of aryl methyl sites for hydroxylation is 1. The van der Waals surface area contributed by atoms with E-state index >= 15 is 0 Å². The van der Waals surface area contributed by atoms with Gasteiger partial charge in [-0.25, -0.2) is 0 Å². The SMILES string of the molecule is CCc1nnc2n1CCN(Cc1nnnn1-c1ccccc1)C2. The monoisotopic (exact) mass is 310 g/mol. The molecule has 0 aliphatic carbocycles. The minimum Gasteiger partial charge on any atom is -0.313 e. The van der Waals surface area contributed by atoms with Crippen LogP contribution in [0.25, 0.3) is 5.69 Å². The predicted octanol–water partition coefficient (Wildman–Crippen LogP) is 0.832. The fourth-order valence-electron chi connectivity index (χ4n) is 2.94. The quantitative estimate of drug-likeness (QED) is 0.710. The van der Waals surface area contributed by atoms with Crippen LogP contribution in [0.3, 0.4) is 0 Å². The van der Waals surface area contributed by atoms with Gasteiger partial charge in [0.25, 0.3) is 0 Å². The molecular weight excluding hydrogens is 292 g/mol. The molecule has 0 amide bonds. The van der Waals surface area contributed by atoms with Crippen molar-refractivity contribution in [2.45, 2.75) is 33.0 Å². The molecule has 1 aromatic carbocycles. The Morgan fingerprint density at radius 1 is 1.00 bits per heavy atom. The Hall–Kier alpha value is -2.61. The zero-order valence-corrected chi connectivity index (χ0v) is 13.0. The summed E-state index contributed by atoms with van der Waals surface area (Å²) in [6.07, 6.45) is 0.916. The van der Waals surface area contributed by atoms with Gasteiger partial charge in [-0.2, -0.15) is 4.68 Å². The normalized spacial score (nSPS) is 14.8. The van der Waals surface area contributed by atoms with E-state index in [2.05, 4.69) is 42.1 Å². The maximum atomic E-state index is 4.30. The minimum atomic E-state index is 0.691. The first-order valence-corrected chi connectivity index (χ1v) is 7.81. The van der Waals surface area contributed by atoms with Gasteiger partial charge in [-0.3, -0.25) is 4.90 Å². The number of nitrogens with zero attached hydrogens (tertiary/aromatic N) is 8. The molecule has 8 heteroatoms. The average Bonchev–Trinajstić information content (AvgIpc) is 3.22. The van der Waals surface area contributed by atoms with E-state index in [4.69, 9.17) is 0 Å². The third kappa shape index (κ3) is 2.61. The molecule has 2 aromatic heterocycles. The minimum absolute atomic E-state index is 0.691. The van der Waals surface area contributed by atoms with Crippen molar-refractivity contribution in [3.05, 3.63) is 47.8 Å². The molecule has 118 valence electrons. The van der Waals surface area contributed by atoms with Crippen molar-refractivity contribution in [1.29, 1.82) is 0 Å². The van der Waals surface area contributed by atoms with Crippen LogP contribution < -0.4 is 0 Å². The molecule has 0 unspecified atom stereocenters. The standard InChI is InChI=1S/C15H18N8/c1-2-13-16-17-14-10-21(8-9-22(13)14)11-15-18-19-20-23(15)12-6-4-3-5-7-12/h3-7H,2,8-11H2,1H3. The Labute approximate surface area is 133 Å². The summed E-state index contributed by atoms with van der Waals surface area (Å²) < 4.78 is 4.01. The van der Waals surface area contributed by atoms with E-state index in [1.165, 1.54) is 0 Å². The second-order valence-electron chi connectivity index (χ2n) is 5.59.